The molecule has 27 heavy (non-hydrogen) atoms. The molecule has 1 N–H and O–H groups in total. The molecule has 3 aromatic heterocycles. The second-order valence-electron chi connectivity index (χ2n) is 5.58. The van der Waals surface area contributed by atoms with Crippen LogP contribution in [0.3, 0.4) is 0 Å². The summed E-state index contributed by atoms with van der Waals surface area (Å²) in [5.41, 5.74) is 0.660. The van der Waals surface area contributed by atoms with E-state index in [9.17, 15) is 14.4 Å². The fourth-order valence-corrected chi connectivity index (χ4v) is 3.55. The Kier molecular flexibility index (Phi) is 5.66. The smallest absolute Gasteiger partial charge is 0.344 e. The maximum atomic E-state index is 12.6. The second-order valence-corrected chi connectivity index (χ2v) is 7.99. The lowest BCUT2D eigenvalue weighted by Crippen LogP contribution is -2.25. The van der Waals surface area contributed by atoms with Gasteiger partial charge in [0.25, 0.3) is 5.91 Å². The number of aromatic nitrogens is 3. The number of fused-ring (bicyclic) bond motifs is 1. The number of pyridine rings is 2. The quantitative estimate of drug-likeness (QED) is 0.599. The molecule has 3 rings (SSSR count). The molecule has 0 aliphatic carbocycles. The molecule has 0 fully saturated rings. The molecule has 140 valence electrons. The number of nitrogens with one attached hydrogen (secondary N) is 1. The minimum atomic E-state index is -0.861. The van der Waals surface area contributed by atoms with E-state index in [1.54, 1.807) is 22.9 Å². The van der Waals surface area contributed by atoms with Crippen molar-refractivity contribution in [2.75, 3.05) is 11.9 Å². The van der Waals surface area contributed by atoms with Crippen molar-refractivity contribution >= 4 is 55.3 Å². The maximum absolute atomic E-state index is 12.6. The molecule has 0 unspecified atom stereocenters. The standard InChI is InChI=1S/C17H15BrN4O4S/c1-3-22-7-11(14(24)10-5-4-9(2)20-15(10)22)16(25)26-8-13(23)21-17-19-6-12(18)27-17/h4-7H,3,8H2,1-2H3,(H,19,21,23). The number of aryl methyl sites for hydroxylation is 2. The van der Waals surface area contributed by atoms with Gasteiger partial charge in [0.05, 0.1) is 15.4 Å². The van der Waals surface area contributed by atoms with Crippen LogP contribution in [0.1, 0.15) is 23.0 Å². The normalized spacial score (nSPS) is 10.8. The predicted octanol–water partition coefficient (Wildman–Crippen LogP) is 2.74. The van der Waals surface area contributed by atoms with E-state index in [0.29, 0.717) is 22.7 Å². The first-order valence-corrected chi connectivity index (χ1v) is 9.59. The van der Waals surface area contributed by atoms with Gasteiger partial charge < -0.3 is 9.30 Å². The third-order valence-corrected chi connectivity index (χ3v) is 5.07. The number of amides is 1. The van der Waals surface area contributed by atoms with Gasteiger partial charge in [-0.3, -0.25) is 14.9 Å². The van der Waals surface area contributed by atoms with Gasteiger partial charge in [-0.1, -0.05) is 11.3 Å². The van der Waals surface area contributed by atoms with Crippen molar-refractivity contribution in [3.8, 4) is 0 Å². The fourth-order valence-electron chi connectivity index (χ4n) is 2.42. The second kappa shape index (κ2) is 7.97. The van der Waals surface area contributed by atoms with Gasteiger partial charge >= 0.3 is 5.97 Å². The number of halogens is 1. The number of esters is 1. The summed E-state index contributed by atoms with van der Waals surface area (Å²) >= 11 is 4.47. The predicted molar refractivity (Wildman–Crippen MR) is 105 cm³/mol. The Morgan fingerprint density at radius 3 is 2.81 bits per heavy atom. The van der Waals surface area contributed by atoms with E-state index in [1.807, 2.05) is 13.8 Å². The summed E-state index contributed by atoms with van der Waals surface area (Å²) in [6.07, 6.45) is 2.96. The average Bonchev–Trinajstić information content (AvgIpc) is 3.04. The van der Waals surface area contributed by atoms with Crippen molar-refractivity contribution < 1.29 is 14.3 Å². The molecule has 8 nitrogen and oxygen atoms in total. The number of hydrogen-bond acceptors (Lipinski definition) is 7. The van der Waals surface area contributed by atoms with E-state index in [0.717, 1.165) is 9.48 Å². The van der Waals surface area contributed by atoms with Gasteiger partial charge in [-0.05, 0) is 41.9 Å². The van der Waals surface area contributed by atoms with Crippen LogP contribution in [0, 0.1) is 6.92 Å². The molecule has 0 saturated carbocycles. The summed E-state index contributed by atoms with van der Waals surface area (Å²) in [5, 5.41) is 3.22. The van der Waals surface area contributed by atoms with Crippen LogP contribution < -0.4 is 10.7 Å². The molecule has 1 amide bonds. The van der Waals surface area contributed by atoms with Crippen LogP contribution >= 0.6 is 27.3 Å². The van der Waals surface area contributed by atoms with Gasteiger partial charge in [-0.2, -0.15) is 0 Å². The van der Waals surface area contributed by atoms with E-state index >= 15 is 0 Å². The summed E-state index contributed by atoms with van der Waals surface area (Å²) in [5.74, 6) is -1.40. The lowest BCUT2D eigenvalue weighted by atomic mass is 10.2. The number of hydrogen-bond donors (Lipinski definition) is 1. The summed E-state index contributed by atoms with van der Waals surface area (Å²) in [6.45, 7) is 3.70. The fraction of sp³-hybridized carbons (Fsp3) is 0.235. The molecule has 0 spiro atoms. The number of nitrogens with zero attached hydrogens (tertiary/aromatic N) is 3. The molecule has 0 saturated heterocycles. The molecular formula is C17H15BrN4O4S. The summed E-state index contributed by atoms with van der Waals surface area (Å²) in [7, 11) is 0. The molecule has 10 heteroatoms. The third-order valence-electron chi connectivity index (χ3n) is 3.68. The number of thiazole rings is 1. The first kappa shape index (κ1) is 19.2. The van der Waals surface area contributed by atoms with Crippen molar-refractivity contribution in [2.45, 2.75) is 20.4 Å². The van der Waals surface area contributed by atoms with Gasteiger partial charge in [0.15, 0.2) is 11.7 Å². The maximum Gasteiger partial charge on any atom is 0.344 e. The summed E-state index contributed by atoms with van der Waals surface area (Å²) in [4.78, 5) is 45.2. The van der Waals surface area contributed by atoms with Crippen molar-refractivity contribution in [1.82, 2.24) is 14.5 Å². The third kappa shape index (κ3) is 4.22. The number of carbonyl (C=O) groups excluding carboxylic acids is 2. The molecule has 3 heterocycles. The van der Waals surface area contributed by atoms with E-state index in [4.69, 9.17) is 4.74 Å². The van der Waals surface area contributed by atoms with E-state index < -0.39 is 23.9 Å². The van der Waals surface area contributed by atoms with Crippen LogP contribution in [0.25, 0.3) is 11.0 Å². The van der Waals surface area contributed by atoms with Crippen LogP contribution in [0.5, 0.6) is 0 Å². The van der Waals surface area contributed by atoms with Gasteiger partial charge in [0.1, 0.15) is 11.2 Å². The van der Waals surface area contributed by atoms with Gasteiger partial charge in [-0.25, -0.2) is 14.8 Å². The van der Waals surface area contributed by atoms with Crippen molar-refractivity contribution in [3.05, 3.63) is 49.8 Å². The van der Waals surface area contributed by atoms with Crippen LogP contribution in [0.15, 0.2) is 33.1 Å². The van der Waals surface area contributed by atoms with Crippen LogP contribution in [-0.4, -0.2) is 33.0 Å². The number of rotatable bonds is 5. The Hall–Kier alpha value is -2.59. The van der Waals surface area contributed by atoms with Gasteiger partial charge in [0.2, 0.25) is 5.43 Å². The first-order valence-electron chi connectivity index (χ1n) is 7.98. The summed E-state index contributed by atoms with van der Waals surface area (Å²) in [6, 6.07) is 3.34. The van der Waals surface area contributed by atoms with E-state index in [2.05, 4.69) is 31.2 Å². The Labute approximate surface area is 166 Å². The van der Waals surface area contributed by atoms with Gasteiger partial charge in [-0.15, -0.1) is 0 Å². The summed E-state index contributed by atoms with van der Waals surface area (Å²) < 4.78 is 7.46. The monoisotopic (exact) mass is 450 g/mol. The highest BCUT2D eigenvalue weighted by molar-refractivity contribution is 9.11. The van der Waals surface area contributed by atoms with Crippen LogP contribution in [-0.2, 0) is 16.1 Å². The lowest BCUT2D eigenvalue weighted by Gasteiger charge is -2.11. The zero-order chi connectivity index (χ0) is 19.6. The molecule has 0 aliphatic rings. The minimum Gasteiger partial charge on any atom is -0.452 e. The highest BCUT2D eigenvalue weighted by Crippen LogP contribution is 2.22. The first-order chi connectivity index (χ1) is 12.9. The van der Waals surface area contributed by atoms with Crippen LogP contribution in [0.4, 0.5) is 5.13 Å². The molecule has 0 aliphatic heterocycles. The van der Waals surface area contributed by atoms with Crippen molar-refractivity contribution in [3.63, 3.8) is 0 Å². The molecular weight excluding hydrogens is 436 g/mol. The Bertz CT molecular complexity index is 1090. The Morgan fingerprint density at radius 2 is 2.15 bits per heavy atom. The molecule has 3 aromatic rings. The topological polar surface area (TPSA) is 103 Å². The Balaban J connectivity index is 1.79. The molecule has 0 atom stereocenters. The van der Waals surface area contributed by atoms with Gasteiger partial charge in [0, 0.05) is 18.4 Å². The average molecular weight is 451 g/mol. The van der Waals surface area contributed by atoms with Crippen LogP contribution in [0.2, 0.25) is 0 Å². The Morgan fingerprint density at radius 1 is 1.37 bits per heavy atom. The lowest BCUT2D eigenvalue weighted by molar-refractivity contribution is -0.119. The van der Waals surface area contributed by atoms with Crippen molar-refractivity contribution in [1.29, 1.82) is 0 Å². The van der Waals surface area contributed by atoms with Crippen molar-refractivity contribution in [2.24, 2.45) is 0 Å². The highest BCUT2D eigenvalue weighted by Gasteiger charge is 2.18. The largest absolute Gasteiger partial charge is 0.452 e. The molecule has 0 bridgehead atoms. The zero-order valence-corrected chi connectivity index (χ0v) is 16.9. The SMILES string of the molecule is CCn1cc(C(=O)OCC(=O)Nc2ncc(Br)s2)c(=O)c2ccc(C)nc21. The number of ether oxygens (including phenoxy) is 1. The molecule has 0 aromatic carbocycles. The minimum absolute atomic E-state index is 0.139. The van der Waals surface area contributed by atoms with E-state index in [1.165, 1.54) is 17.5 Å². The number of anilines is 1. The highest BCUT2D eigenvalue weighted by atomic mass is 79.9. The molecule has 0 radical (unpaired) electrons. The zero-order valence-electron chi connectivity index (χ0n) is 14.5. The van der Waals surface area contributed by atoms with E-state index in [-0.39, 0.29) is 5.56 Å². The number of carbonyl (C=O) groups is 2.